The molecule has 0 aliphatic rings. The molecule has 1 amide bonds. The second-order valence-corrected chi connectivity index (χ2v) is 10.8. The van der Waals surface area contributed by atoms with Gasteiger partial charge in [0.1, 0.15) is 6.54 Å². The van der Waals surface area contributed by atoms with Crippen LogP contribution in [0.15, 0.2) is 52.4 Å². The van der Waals surface area contributed by atoms with Crippen LogP contribution in [-0.4, -0.2) is 49.4 Å². The molecule has 1 aromatic heterocycles. The molecule has 0 saturated heterocycles. The molecule has 0 bridgehead atoms. The summed E-state index contributed by atoms with van der Waals surface area (Å²) >= 11 is 1.27. The number of nitriles is 2. The second kappa shape index (κ2) is 12.4. The average molecular weight is 540 g/mol. The molecule has 0 radical (unpaired) electrons. The lowest BCUT2D eigenvalue weighted by Gasteiger charge is -2.20. The maximum Gasteiger partial charge on any atom is 0.325 e. The number of ether oxygens (including phenoxy) is 1. The Hall–Kier alpha value is -3.84. The fraction of sp³-hybridized carbons (Fsp3) is 0.320. The van der Waals surface area contributed by atoms with E-state index in [0.717, 1.165) is 26.5 Å². The Morgan fingerprint density at radius 1 is 1.08 bits per heavy atom. The first kappa shape index (κ1) is 27.7. The van der Waals surface area contributed by atoms with Crippen molar-refractivity contribution in [2.75, 3.05) is 20.2 Å². The standard InChI is InChI=1S/C25H25N5O5S2/c1-3-18-6-11-21-22(16-18)36-25(30(21)17-23(31)35-2)28-24(32)19-7-9-20(10-8-19)37(33,34)29(14-4-12-26)15-5-13-27/h6-11,16H,3-5,14-15,17H2,1-2H3. The lowest BCUT2D eigenvalue weighted by Crippen LogP contribution is -2.32. The molecule has 0 N–H and O–H groups in total. The predicted molar refractivity (Wildman–Crippen MR) is 137 cm³/mol. The van der Waals surface area contributed by atoms with Crippen LogP contribution in [0.5, 0.6) is 0 Å². The Balaban J connectivity index is 1.96. The molecule has 192 valence electrons. The summed E-state index contributed by atoms with van der Waals surface area (Å²) in [6.45, 7) is 1.83. The third kappa shape index (κ3) is 6.49. The fourth-order valence-electron chi connectivity index (χ4n) is 3.54. The Bertz CT molecular complexity index is 1540. The smallest absolute Gasteiger partial charge is 0.325 e. The molecule has 0 aliphatic heterocycles. The molecule has 2 aromatic carbocycles. The highest BCUT2D eigenvalue weighted by Gasteiger charge is 2.24. The molecule has 3 aromatic rings. The van der Waals surface area contributed by atoms with Crippen LogP contribution in [0.3, 0.4) is 0 Å². The van der Waals surface area contributed by atoms with E-state index >= 15 is 0 Å². The summed E-state index contributed by atoms with van der Waals surface area (Å²) in [5.74, 6) is -1.09. The van der Waals surface area contributed by atoms with Crippen molar-refractivity contribution < 1.29 is 22.7 Å². The van der Waals surface area contributed by atoms with E-state index in [2.05, 4.69) is 4.99 Å². The third-order valence-electron chi connectivity index (χ3n) is 5.55. The number of benzene rings is 2. The number of nitrogens with zero attached hydrogens (tertiary/aromatic N) is 5. The van der Waals surface area contributed by atoms with Gasteiger partial charge in [-0.1, -0.05) is 24.3 Å². The van der Waals surface area contributed by atoms with Gasteiger partial charge in [-0.15, -0.1) is 0 Å². The van der Waals surface area contributed by atoms with Crippen LogP contribution in [0.4, 0.5) is 0 Å². The van der Waals surface area contributed by atoms with Crippen molar-refractivity contribution in [3.8, 4) is 12.1 Å². The number of aryl methyl sites for hydroxylation is 1. The largest absolute Gasteiger partial charge is 0.468 e. The number of amides is 1. The number of methoxy groups -OCH3 is 1. The highest BCUT2D eigenvalue weighted by atomic mass is 32.2. The number of thiazole rings is 1. The van der Waals surface area contributed by atoms with E-state index < -0.39 is 21.9 Å². The summed E-state index contributed by atoms with van der Waals surface area (Å²) in [5, 5.41) is 17.7. The van der Waals surface area contributed by atoms with Crippen molar-refractivity contribution >= 4 is 43.5 Å². The predicted octanol–water partition coefficient (Wildman–Crippen LogP) is 3.00. The van der Waals surface area contributed by atoms with Crippen LogP contribution in [0.25, 0.3) is 10.2 Å². The van der Waals surface area contributed by atoms with Gasteiger partial charge in [-0.25, -0.2) is 8.42 Å². The highest BCUT2D eigenvalue weighted by molar-refractivity contribution is 7.89. The molecule has 0 unspecified atom stereocenters. The molecule has 1 heterocycles. The number of aromatic nitrogens is 1. The summed E-state index contributed by atoms with van der Waals surface area (Å²) in [6.07, 6.45) is 0.803. The van der Waals surface area contributed by atoms with E-state index in [-0.39, 0.29) is 42.9 Å². The van der Waals surface area contributed by atoms with Gasteiger partial charge in [0.05, 0.1) is 34.4 Å². The van der Waals surface area contributed by atoms with Gasteiger partial charge in [-0.05, 0) is 48.4 Å². The van der Waals surface area contributed by atoms with Gasteiger partial charge < -0.3 is 9.30 Å². The molecule has 0 atom stereocenters. The monoisotopic (exact) mass is 539 g/mol. The van der Waals surface area contributed by atoms with Gasteiger partial charge in [0.15, 0.2) is 4.80 Å². The minimum absolute atomic E-state index is 0.0133. The van der Waals surface area contributed by atoms with Gasteiger partial charge in [0, 0.05) is 31.5 Å². The Morgan fingerprint density at radius 2 is 1.73 bits per heavy atom. The minimum Gasteiger partial charge on any atom is -0.468 e. The highest BCUT2D eigenvalue weighted by Crippen LogP contribution is 2.21. The number of carbonyl (C=O) groups excluding carboxylic acids is 2. The first-order valence-electron chi connectivity index (χ1n) is 11.4. The molecule has 0 spiro atoms. The van der Waals surface area contributed by atoms with Crippen LogP contribution >= 0.6 is 11.3 Å². The van der Waals surface area contributed by atoms with Gasteiger partial charge in [0.2, 0.25) is 10.0 Å². The molecular formula is C25H25N5O5S2. The molecule has 0 saturated carbocycles. The molecular weight excluding hydrogens is 514 g/mol. The lowest BCUT2D eigenvalue weighted by atomic mass is 10.2. The Labute approximate surface area is 218 Å². The van der Waals surface area contributed by atoms with E-state index in [1.807, 2.05) is 37.3 Å². The number of hydrogen-bond donors (Lipinski definition) is 0. The first-order chi connectivity index (χ1) is 17.7. The zero-order chi connectivity index (χ0) is 27.0. The quantitative estimate of drug-likeness (QED) is 0.360. The number of sulfonamides is 1. The summed E-state index contributed by atoms with van der Waals surface area (Å²) in [7, 11) is -2.67. The van der Waals surface area contributed by atoms with Crippen molar-refractivity contribution in [2.45, 2.75) is 37.6 Å². The van der Waals surface area contributed by atoms with Crippen molar-refractivity contribution in [1.82, 2.24) is 8.87 Å². The van der Waals surface area contributed by atoms with Crippen LogP contribution in [0.2, 0.25) is 0 Å². The number of rotatable bonds is 10. The van der Waals surface area contributed by atoms with Crippen LogP contribution < -0.4 is 4.80 Å². The molecule has 0 fully saturated rings. The number of carbonyl (C=O) groups is 2. The maximum atomic E-state index is 13.0. The SMILES string of the molecule is CCc1ccc2c(c1)sc(=NC(=O)c1ccc(S(=O)(=O)N(CCC#N)CCC#N)cc1)n2CC(=O)OC. The van der Waals surface area contributed by atoms with Crippen molar-refractivity contribution in [2.24, 2.45) is 4.99 Å². The Kier molecular flexibility index (Phi) is 9.31. The van der Waals surface area contributed by atoms with Gasteiger partial charge in [0.25, 0.3) is 5.91 Å². The topological polar surface area (TPSA) is 146 Å². The first-order valence-corrected chi connectivity index (χ1v) is 13.6. The second-order valence-electron chi connectivity index (χ2n) is 7.86. The van der Waals surface area contributed by atoms with E-state index in [4.69, 9.17) is 15.3 Å². The molecule has 0 aliphatic carbocycles. The third-order valence-corrected chi connectivity index (χ3v) is 8.51. The summed E-state index contributed by atoms with van der Waals surface area (Å²) in [4.78, 5) is 29.5. The van der Waals surface area contributed by atoms with Gasteiger partial charge in [-0.3, -0.25) is 9.59 Å². The number of hydrogen-bond acceptors (Lipinski definition) is 8. The van der Waals surface area contributed by atoms with Crippen LogP contribution in [-0.2, 0) is 32.5 Å². The van der Waals surface area contributed by atoms with E-state index in [0.29, 0.717) is 4.80 Å². The fourth-order valence-corrected chi connectivity index (χ4v) is 6.07. The normalized spacial score (nSPS) is 11.9. The lowest BCUT2D eigenvalue weighted by molar-refractivity contribution is -0.141. The molecule has 37 heavy (non-hydrogen) atoms. The zero-order valence-corrected chi connectivity index (χ0v) is 22.0. The van der Waals surface area contributed by atoms with E-state index in [1.165, 1.54) is 42.7 Å². The van der Waals surface area contributed by atoms with Gasteiger partial charge in [-0.2, -0.15) is 19.8 Å². The minimum atomic E-state index is -3.96. The summed E-state index contributed by atoms with van der Waals surface area (Å²) in [6, 6.07) is 14.9. The van der Waals surface area contributed by atoms with E-state index in [9.17, 15) is 18.0 Å². The van der Waals surface area contributed by atoms with Crippen molar-refractivity contribution in [3.63, 3.8) is 0 Å². The van der Waals surface area contributed by atoms with Crippen molar-refractivity contribution in [1.29, 1.82) is 10.5 Å². The summed E-state index contributed by atoms with van der Waals surface area (Å²) in [5.41, 5.74) is 2.01. The van der Waals surface area contributed by atoms with Crippen molar-refractivity contribution in [3.05, 3.63) is 58.4 Å². The number of esters is 1. The summed E-state index contributed by atoms with van der Waals surface area (Å²) < 4.78 is 34.4. The van der Waals surface area contributed by atoms with Crippen LogP contribution in [0, 0.1) is 22.7 Å². The number of fused-ring (bicyclic) bond motifs is 1. The molecule has 12 heteroatoms. The maximum absolute atomic E-state index is 13.0. The van der Waals surface area contributed by atoms with Crippen LogP contribution in [0.1, 0.15) is 35.7 Å². The molecule has 10 nitrogen and oxygen atoms in total. The average Bonchev–Trinajstić information content (AvgIpc) is 3.23. The zero-order valence-electron chi connectivity index (χ0n) is 20.4. The van der Waals surface area contributed by atoms with Gasteiger partial charge >= 0.3 is 5.97 Å². The Morgan fingerprint density at radius 3 is 2.30 bits per heavy atom. The molecule has 3 rings (SSSR count). The van der Waals surface area contributed by atoms with E-state index in [1.54, 1.807) is 4.57 Å².